The number of methoxy groups -OCH3 is 1. The van der Waals surface area contributed by atoms with Gasteiger partial charge in [0.1, 0.15) is 5.69 Å². The first-order valence-corrected chi connectivity index (χ1v) is 5.06. The van der Waals surface area contributed by atoms with Crippen molar-refractivity contribution >= 4 is 18.0 Å². The zero-order valence-electron chi connectivity index (χ0n) is 9.67. The summed E-state index contributed by atoms with van der Waals surface area (Å²) < 4.78 is 9.24. The highest BCUT2D eigenvalue weighted by Crippen LogP contribution is 2.03. The second-order valence-electron chi connectivity index (χ2n) is 3.05. The molecule has 0 aromatic carbocycles. The summed E-state index contributed by atoms with van der Waals surface area (Å²) in [4.78, 5) is 26.0. The fourth-order valence-corrected chi connectivity index (χ4v) is 1.08. The average Bonchev–Trinajstić information content (AvgIpc) is 2.36. The van der Waals surface area contributed by atoms with Crippen molar-refractivity contribution in [2.45, 2.75) is 6.92 Å². The fraction of sp³-hybridized carbons (Fsp3) is 0.250. The van der Waals surface area contributed by atoms with Gasteiger partial charge in [-0.2, -0.15) is 0 Å². The second kappa shape index (κ2) is 6.42. The summed E-state index contributed by atoms with van der Waals surface area (Å²) in [5.74, 6) is -0.907. The molecule has 1 heterocycles. The van der Waals surface area contributed by atoms with Gasteiger partial charge < -0.3 is 9.47 Å². The van der Waals surface area contributed by atoms with Crippen molar-refractivity contribution in [1.82, 2.24) is 4.98 Å². The van der Waals surface area contributed by atoms with Crippen molar-refractivity contribution in [3.8, 4) is 0 Å². The number of rotatable bonds is 4. The number of nitrogens with zero attached hydrogens (tertiary/aromatic N) is 1. The highest BCUT2D eigenvalue weighted by atomic mass is 16.5. The van der Waals surface area contributed by atoms with Crippen LogP contribution < -0.4 is 0 Å². The molecule has 0 atom stereocenters. The number of hydrogen-bond donors (Lipinski definition) is 0. The van der Waals surface area contributed by atoms with Crippen molar-refractivity contribution in [3.05, 3.63) is 35.7 Å². The minimum Gasteiger partial charge on any atom is -0.464 e. The zero-order valence-corrected chi connectivity index (χ0v) is 9.67. The minimum atomic E-state index is -0.495. The van der Waals surface area contributed by atoms with Crippen molar-refractivity contribution in [2.24, 2.45) is 0 Å². The summed E-state index contributed by atoms with van der Waals surface area (Å²) in [6.07, 6.45) is 4.34. The molecule has 0 aliphatic rings. The first-order valence-electron chi connectivity index (χ1n) is 5.06. The lowest BCUT2D eigenvalue weighted by Gasteiger charge is -1.98. The molecular weight excluding hydrogens is 222 g/mol. The summed E-state index contributed by atoms with van der Waals surface area (Å²) in [6.45, 7) is 2.07. The summed E-state index contributed by atoms with van der Waals surface area (Å²) >= 11 is 0. The van der Waals surface area contributed by atoms with Crippen LogP contribution in [0.5, 0.6) is 0 Å². The van der Waals surface area contributed by atoms with Crippen molar-refractivity contribution in [2.75, 3.05) is 13.7 Å². The van der Waals surface area contributed by atoms with E-state index in [2.05, 4.69) is 9.72 Å². The van der Waals surface area contributed by atoms with Gasteiger partial charge in [0.05, 0.1) is 13.7 Å². The molecule has 0 radical (unpaired) electrons. The molecule has 1 aromatic rings. The topological polar surface area (TPSA) is 65.5 Å². The second-order valence-corrected chi connectivity index (χ2v) is 3.05. The molecule has 0 bridgehead atoms. The smallest absolute Gasteiger partial charge is 0.356 e. The summed E-state index contributed by atoms with van der Waals surface area (Å²) in [5, 5.41) is 0. The van der Waals surface area contributed by atoms with Crippen LogP contribution in [-0.2, 0) is 14.3 Å². The van der Waals surface area contributed by atoms with E-state index in [-0.39, 0.29) is 5.69 Å². The van der Waals surface area contributed by atoms with Crippen LogP contribution in [0.15, 0.2) is 24.4 Å². The summed E-state index contributed by atoms with van der Waals surface area (Å²) in [7, 11) is 1.29. The van der Waals surface area contributed by atoms with Gasteiger partial charge >= 0.3 is 11.9 Å². The predicted octanol–water partition coefficient (Wildman–Crippen LogP) is 1.44. The Kier molecular flexibility index (Phi) is 4.87. The fourth-order valence-electron chi connectivity index (χ4n) is 1.08. The molecule has 0 saturated carbocycles. The Hall–Kier alpha value is -2.17. The van der Waals surface area contributed by atoms with Crippen LogP contribution >= 0.6 is 0 Å². The van der Waals surface area contributed by atoms with Gasteiger partial charge in [0.2, 0.25) is 0 Å². The van der Waals surface area contributed by atoms with Gasteiger partial charge in [-0.25, -0.2) is 14.6 Å². The van der Waals surface area contributed by atoms with Crippen molar-refractivity contribution in [3.63, 3.8) is 0 Å². The maximum absolute atomic E-state index is 11.1. The molecule has 0 aliphatic carbocycles. The Balaban J connectivity index is 2.68. The van der Waals surface area contributed by atoms with E-state index in [1.807, 2.05) is 0 Å². The van der Waals surface area contributed by atoms with E-state index in [0.717, 1.165) is 0 Å². The third-order valence-electron chi connectivity index (χ3n) is 1.88. The Labute approximate surface area is 99.1 Å². The molecule has 1 rings (SSSR count). The SMILES string of the molecule is CCOC(=O)C=Cc1ccc(C(=O)OC)nc1. The van der Waals surface area contributed by atoms with E-state index >= 15 is 0 Å². The lowest BCUT2D eigenvalue weighted by molar-refractivity contribution is -0.137. The van der Waals surface area contributed by atoms with Crippen LogP contribution in [0.2, 0.25) is 0 Å². The largest absolute Gasteiger partial charge is 0.464 e. The van der Waals surface area contributed by atoms with E-state index < -0.39 is 11.9 Å². The third-order valence-corrected chi connectivity index (χ3v) is 1.88. The van der Waals surface area contributed by atoms with Crippen LogP contribution in [-0.4, -0.2) is 30.6 Å². The lowest BCUT2D eigenvalue weighted by Crippen LogP contribution is -2.03. The number of carbonyl (C=O) groups is 2. The maximum atomic E-state index is 11.1. The molecule has 1 aromatic heterocycles. The zero-order chi connectivity index (χ0) is 12.7. The van der Waals surface area contributed by atoms with E-state index in [0.29, 0.717) is 12.2 Å². The van der Waals surface area contributed by atoms with Gasteiger partial charge in [-0.3, -0.25) is 0 Å². The number of carbonyl (C=O) groups excluding carboxylic acids is 2. The van der Waals surface area contributed by atoms with Crippen LogP contribution in [0.4, 0.5) is 0 Å². The highest BCUT2D eigenvalue weighted by Gasteiger charge is 2.05. The molecule has 90 valence electrons. The monoisotopic (exact) mass is 235 g/mol. The quantitative estimate of drug-likeness (QED) is 0.583. The number of aromatic nitrogens is 1. The van der Waals surface area contributed by atoms with Gasteiger partial charge in [-0.05, 0) is 24.6 Å². The average molecular weight is 235 g/mol. The summed E-state index contributed by atoms with van der Waals surface area (Å²) in [5.41, 5.74) is 0.923. The normalized spacial score (nSPS) is 10.2. The molecule has 5 nitrogen and oxygen atoms in total. The standard InChI is InChI=1S/C12H13NO4/c1-3-17-11(14)7-5-9-4-6-10(13-8-9)12(15)16-2/h4-8H,3H2,1-2H3. The Morgan fingerprint density at radius 3 is 2.71 bits per heavy atom. The molecule has 0 unspecified atom stereocenters. The van der Waals surface area contributed by atoms with Gasteiger partial charge in [0.15, 0.2) is 0 Å². The van der Waals surface area contributed by atoms with Crippen LogP contribution in [0.25, 0.3) is 6.08 Å². The van der Waals surface area contributed by atoms with Gasteiger partial charge in [0, 0.05) is 12.3 Å². The van der Waals surface area contributed by atoms with E-state index in [1.165, 1.54) is 25.4 Å². The lowest BCUT2D eigenvalue weighted by atomic mass is 10.2. The van der Waals surface area contributed by atoms with Crippen LogP contribution in [0.1, 0.15) is 23.0 Å². The van der Waals surface area contributed by atoms with Gasteiger partial charge in [-0.1, -0.05) is 6.07 Å². The minimum absolute atomic E-state index is 0.223. The Morgan fingerprint density at radius 2 is 2.18 bits per heavy atom. The first kappa shape index (κ1) is 12.9. The summed E-state index contributed by atoms with van der Waals surface area (Å²) in [6, 6.07) is 3.19. The van der Waals surface area contributed by atoms with Crippen molar-refractivity contribution < 1.29 is 19.1 Å². The molecule has 0 aliphatic heterocycles. The number of hydrogen-bond acceptors (Lipinski definition) is 5. The molecule has 0 fully saturated rings. The van der Waals surface area contributed by atoms with Crippen LogP contribution in [0, 0.1) is 0 Å². The highest BCUT2D eigenvalue weighted by molar-refractivity contribution is 5.88. The molecule has 0 amide bonds. The Bertz CT molecular complexity index is 423. The predicted molar refractivity (Wildman–Crippen MR) is 61.2 cm³/mol. The third kappa shape index (κ3) is 4.06. The number of esters is 2. The number of ether oxygens (including phenoxy) is 2. The van der Waals surface area contributed by atoms with Crippen molar-refractivity contribution in [1.29, 1.82) is 0 Å². The molecule has 17 heavy (non-hydrogen) atoms. The molecular formula is C12H13NO4. The van der Waals surface area contributed by atoms with E-state index in [1.54, 1.807) is 19.1 Å². The Morgan fingerprint density at radius 1 is 1.41 bits per heavy atom. The molecule has 0 saturated heterocycles. The first-order chi connectivity index (χ1) is 8.17. The maximum Gasteiger partial charge on any atom is 0.356 e. The van der Waals surface area contributed by atoms with Crippen LogP contribution in [0.3, 0.4) is 0 Å². The van der Waals surface area contributed by atoms with Gasteiger partial charge in [0.25, 0.3) is 0 Å². The molecule has 5 heteroatoms. The molecule has 0 N–H and O–H groups in total. The number of pyridine rings is 1. The molecule has 0 spiro atoms. The van der Waals surface area contributed by atoms with Gasteiger partial charge in [-0.15, -0.1) is 0 Å². The van der Waals surface area contributed by atoms with E-state index in [4.69, 9.17) is 4.74 Å². The van der Waals surface area contributed by atoms with E-state index in [9.17, 15) is 9.59 Å².